The highest BCUT2D eigenvalue weighted by molar-refractivity contribution is 6.00. The first-order valence-electron chi connectivity index (χ1n) is 6.55. The van der Waals surface area contributed by atoms with E-state index < -0.39 is 16.7 Å². The fourth-order valence-electron chi connectivity index (χ4n) is 1.91. The van der Waals surface area contributed by atoms with Crippen LogP contribution in [0.3, 0.4) is 0 Å². The number of furan rings is 1. The molecule has 0 spiro atoms. The number of anilines is 1. The summed E-state index contributed by atoms with van der Waals surface area (Å²) in [7, 11) is 1.54. The molecule has 0 aliphatic rings. The quantitative estimate of drug-likeness (QED) is 0.580. The Bertz CT molecular complexity index is 768. The van der Waals surface area contributed by atoms with Crippen LogP contribution in [0, 0.1) is 17.0 Å². The van der Waals surface area contributed by atoms with Gasteiger partial charge < -0.3 is 9.73 Å². The summed E-state index contributed by atoms with van der Waals surface area (Å²) in [4.78, 5) is 34.2. The largest absolute Gasteiger partial charge is 0.469 e. The fraction of sp³-hybridized carbons (Fsp3) is 0.143. The van der Waals surface area contributed by atoms with Gasteiger partial charge in [0.15, 0.2) is 0 Å². The second-order valence-electron chi connectivity index (χ2n) is 4.54. The third kappa shape index (κ3) is 3.46. The lowest BCUT2D eigenvalue weighted by molar-refractivity contribution is -0.384. The molecule has 0 unspecified atom stereocenters. The van der Waals surface area contributed by atoms with Gasteiger partial charge in [-0.2, -0.15) is 0 Å². The third-order valence-electron chi connectivity index (χ3n) is 3.12. The molecule has 1 aromatic heterocycles. The van der Waals surface area contributed by atoms with Gasteiger partial charge in [-0.15, -0.1) is 0 Å². The smallest absolute Gasteiger partial charge is 0.293 e. The van der Waals surface area contributed by atoms with Gasteiger partial charge in [-0.1, -0.05) is 0 Å². The third-order valence-corrected chi connectivity index (χ3v) is 3.12. The number of aryl methyl sites for hydroxylation is 1. The van der Waals surface area contributed by atoms with Crippen LogP contribution in [0.15, 0.2) is 34.9 Å². The molecule has 0 fully saturated rings. The minimum absolute atomic E-state index is 0.0416. The molecule has 3 N–H and O–H groups in total. The monoisotopic (exact) mass is 318 g/mol. The molecule has 2 aromatic rings. The minimum Gasteiger partial charge on any atom is -0.469 e. The van der Waals surface area contributed by atoms with Gasteiger partial charge in [-0.25, -0.2) is 0 Å². The van der Waals surface area contributed by atoms with Crippen LogP contribution < -0.4 is 16.2 Å². The van der Waals surface area contributed by atoms with Crippen molar-refractivity contribution in [2.24, 2.45) is 0 Å². The molecule has 120 valence electrons. The topological polar surface area (TPSA) is 127 Å². The number of rotatable bonds is 4. The number of carbonyl (C=O) groups excluding carboxylic acids is 2. The number of benzene rings is 1. The van der Waals surface area contributed by atoms with Crippen molar-refractivity contribution in [3.63, 3.8) is 0 Å². The molecule has 9 heteroatoms. The minimum atomic E-state index is -0.676. The number of nitro benzene ring substituents is 1. The first-order chi connectivity index (χ1) is 10.9. The average Bonchev–Trinajstić information content (AvgIpc) is 2.97. The number of nitro groups is 1. The summed E-state index contributed by atoms with van der Waals surface area (Å²) in [6.07, 6.45) is 1.35. The van der Waals surface area contributed by atoms with Gasteiger partial charge in [0.1, 0.15) is 11.4 Å². The Labute approximate surface area is 130 Å². The van der Waals surface area contributed by atoms with Crippen LogP contribution in [0.1, 0.15) is 26.5 Å². The first-order valence-corrected chi connectivity index (χ1v) is 6.55. The molecule has 0 bridgehead atoms. The van der Waals surface area contributed by atoms with Gasteiger partial charge in [0.25, 0.3) is 17.5 Å². The van der Waals surface area contributed by atoms with Crippen molar-refractivity contribution in [1.82, 2.24) is 10.9 Å². The van der Waals surface area contributed by atoms with E-state index in [1.54, 1.807) is 6.92 Å². The number of carbonyl (C=O) groups is 2. The van der Waals surface area contributed by atoms with E-state index in [9.17, 15) is 19.7 Å². The normalized spacial score (nSPS) is 10.0. The molecular weight excluding hydrogens is 304 g/mol. The van der Waals surface area contributed by atoms with Crippen molar-refractivity contribution in [3.05, 3.63) is 57.5 Å². The number of hydrogen-bond acceptors (Lipinski definition) is 6. The predicted molar refractivity (Wildman–Crippen MR) is 81.0 cm³/mol. The second-order valence-corrected chi connectivity index (χ2v) is 4.54. The summed E-state index contributed by atoms with van der Waals surface area (Å²) in [5.41, 5.74) is 4.78. The molecule has 0 aliphatic carbocycles. The summed E-state index contributed by atoms with van der Waals surface area (Å²) >= 11 is 0. The van der Waals surface area contributed by atoms with E-state index in [1.165, 1.54) is 31.5 Å². The zero-order valence-corrected chi connectivity index (χ0v) is 12.4. The van der Waals surface area contributed by atoms with Gasteiger partial charge in [0.05, 0.1) is 16.7 Å². The van der Waals surface area contributed by atoms with E-state index in [4.69, 9.17) is 4.42 Å². The molecule has 1 heterocycles. The molecule has 1 aromatic carbocycles. The number of hydrazine groups is 1. The number of hydrogen-bond donors (Lipinski definition) is 3. The molecule has 0 saturated heterocycles. The Hall–Kier alpha value is -3.36. The highest BCUT2D eigenvalue weighted by Gasteiger charge is 2.18. The molecule has 2 rings (SSSR count). The Morgan fingerprint density at radius 3 is 2.43 bits per heavy atom. The molecule has 0 saturated carbocycles. The number of nitrogens with zero attached hydrogens (tertiary/aromatic N) is 1. The lowest BCUT2D eigenvalue weighted by Crippen LogP contribution is -2.41. The van der Waals surface area contributed by atoms with Crippen LogP contribution in [0.4, 0.5) is 11.4 Å². The first kappa shape index (κ1) is 16.0. The molecule has 0 aliphatic heterocycles. The van der Waals surface area contributed by atoms with Gasteiger partial charge in [-0.3, -0.25) is 30.6 Å². The van der Waals surface area contributed by atoms with Crippen molar-refractivity contribution in [1.29, 1.82) is 0 Å². The highest BCUT2D eigenvalue weighted by Crippen LogP contribution is 2.24. The van der Waals surface area contributed by atoms with Crippen molar-refractivity contribution in [3.8, 4) is 0 Å². The van der Waals surface area contributed by atoms with E-state index in [-0.39, 0.29) is 22.5 Å². The molecule has 9 nitrogen and oxygen atoms in total. The van der Waals surface area contributed by atoms with Crippen LogP contribution in [-0.4, -0.2) is 23.8 Å². The highest BCUT2D eigenvalue weighted by atomic mass is 16.6. The van der Waals surface area contributed by atoms with Crippen LogP contribution >= 0.6 is 0 Å². The predicted octanol–water partition coefficient (Wildman–Crippen LogP) is 1.61. The van der Waals surface area contributed by atoms with E-state index in [0.29, 0.717) is 5.76 Å². The maximum absolute atomic E-state index is 12.0. The summed E-state index contributed by atoms with van der Waals surface area (Å²) in [6.45, 7) is 1.61. The molecule has 23 heavy (non-hydrogen) atoms. The summed E-state index contributed by atoms with van der Waals surface area (Å²) < 4.78 is 4.99. The van der Waals surface area contributed by atoms with E-state index in [1.807, 2.05) is 0 Å². The molecular formula is C14H14N4O5. The van der Waals surface area contributed by atoms with Crippen LogP contribution in [0.25, 0.3) is 0 Å². The molecule has 0 atom stereocenters. The van der Waals surface area contributed by atoms with E-state index in [2.05, 4.69) is 16.2 Å². The number of nitrogens with one attached hydrogen (secondary N) is 3. The molecule has 0 radical (unpaired) electrons. The lowest BCUT2D eigenvalue weighted by Gasteiger charge is -2.08. The van der Waals surface area contributed by atoms with Crippen molar-refractivity contribution >= 4 is 23.2 Å². The van der Waals surface area contributed by atoms with Gasteiger partial charge >= 0.3 is 0 Å². The van der Waals surface area contributed by atoms with Crippen molar-refractivity contribution in [2.45, 2.75) is 6.92 Å². The van der Waals surface area contributed by atoms with Gasteiger partial charge in [0.2, 0.25) is 0 Å². The van der Waals surface area contributed by atoms with Gasteiger partial charge in [0, 0.05) is 18.7 Å². The Morgan fingerprint density at radius 1 is 1.17 bits per heavy atom. The summed E-state index contributed by atoms with van der Waals surface area (Å²) in [6, 6.07) is 5.40. The summed E-state index contributed by atoms with van der Waals surface area (Å²) in [5.74, 6) is -0.818. The standard InChI is InChI=1S/C14H14N4O5/c1-8-10(5-6-23-8)14(20)17-16-13(19)9-3-4-11(15-2)12(7-9)18(21)22/h3-7,15H,1-2H3,(H,16,19)(H,17,20). The van der Waals surface area contributed by atoms with E-state index in [0.717, 1.165) is 6.07 Å². The lowest BCUT2D eigenvalue weighted by atomic mass is 10.1. The van der Waals surface area contributed by atoms with Crippen LogP contribution in [0.2, 0.25) is 0 Å². The van der Waals surface area contributed by atoms with Crippen LogP contribution in [0.5, 0.6) is 0 Å². The fourth-order valence-corrected chi connectivity index (χ4v) is 1.91. The van der Waals surface area contributed by atoms with Crippen molar-refractivity contribution in [2.75, 3.05) is 12.4 Å². The van der Waals surface area contributed by atoms with E-state index >= 15 is 0 Å². The van der Waals surface area contributed by atoms with Crippen molar-refractivity contribution < 1.29 is 18.9 Å². The Kier molecular flexibility index (Phi) is 4.60. The second kappa shape index (κ2) is 6.60. The van der Waals surface area contributed by atoms with Crippen LogP contribution in [-0.2, 0) is 0 Å². The summed E-state index contributed by atoms with van der Waals surface area (Å²) in [5, 5.41) is 13.6. The maximum atomic E-state index is 12.0. The zero-order chi connectivity index (χ0) is 17.0. The number of amides is 2. The Balaban J connectivity index is 2.09. The SMILES string of the molecule is CNc1ccc(C(=O)NNC(=O)c2ccoc2C)cc1[N+](=O)[O-]. The zero-order valence-electron chi connectivity index (χ0n) is 12.4. The maximum Gasteiger partial charge on any atom is 0.293 e. The molecule has 2 amide bonds. The van der Waals surface area contributed by atoms with Gasteiger partial charge in [-0.05, 0) is 25.1 Å². The average molecular weight is 318 g/mol. The Morgan fingerprint density at radius 2 is 1.87 bits per heavy atom.